The third kappa shape index (κ3) is 2.40. The van der Waals surface area contributed by atoms with Gasteiger partial charge in [-0.3, -0.25) is 0 Å². The minimum atomic E-state index is -0.0560. The first-order valence-electron chi connectivity index (χ1n) is 4.44. The fourth-order valence-corrected chi connectivity index (χ4v) is 0.931. The average molecular weight is 197 g/mol. The number of rotatable bonds is 4. The zero-order valence-electron chi connectivity index (χ0n) is 8.38. The normalized spacial score (nSPS) is 12.6. The van der Waals surface area contributed by atoms with E-state index in [0.29, 0.717) is 11.5 Å². The van der Waals surface area contributed by atoms with Gasteiger partial charge in [-0.2, -0.15) is 0 Å². The van der Waals surface area contributed by atoms with Crippen LogP contribution in [0.5, 0.6) is 0 Å². The summed E-state index contributed by atoms with van der Waals surface area (Å²) in [4.78, 5) is 9.90. The van der Waals surface area contributed by atoms with Crippen molar-refractivity contribution in [2.24, 2.45) is 0 Å². The van der Waals surface area contributed by atoms with Crippen LogP contribution in [0.25, 0.3) is 0 Å². The van der Waals surface area contributed by atoms with Gasteiger partial charge in [-0.25, -0.2) is 9.97 Å². The monoisotopic (exact) mass is 197 g/mol. The van der Waals surface area contributed by atoms with Crippen molar-refractivity contribution >= 4 is 5.95 Å². The van der Waals surface area contributed by atoms with Crippen LogP contribution in [0.2, 0.25) is 0 Å². The molecule has 0 bridgehead atoms. The van der Waals surface area contributed by atoms with Gasteiger partial charge < -0.3 is 15.1 Å². The molecule has 14 heavy (non-hydrogen) atoms. The van der Waals surface area contributed by atoms with E-state index < -0.39 is 0 Å². The number of anilines is 1. The fourth-order valence-electron chi connectivity index (χ4n) is 0.931. The Hall–Kier alpha value is -1.20. The maximum Gasteiger partial charge on any atom is 0.225 e. The second-order valence-corrected chi connectivity index (χ2v) is 3.19. The van der Waals surface area contributed by atoms with Crippen LogP contribution in [0, 0.1) is 0 Å². The largest absolute Gasteiger partial charge is 0.394 e. The second kappa shape index (κ2) is 4.88. The van der Waals surface area contributed by atoms with Crippen LogP contribution in [0.1, 0.15) is 12.5 Å². The average Bonchev–Trinajstić information content (AvgIpc) is 2.27. The molecule has 0 spiro atoms. The van der Waals surface area contributed by atoms with E-state index in [1.807, 2.05) is 14.0 Å². The van der Waals surface area contributed by atoms with Gasteiger partial charge in [0.2, 0.25) is 5.95 Å². The van der Waals surface area contributed by atoms with Crippen molar-refractivity contribution < 1.29 is 10.2 Å². The maximum atomic E-state index is 8.93. The standard InChI is InChI=1S/C9H15N3O2/c1-7(5-13)12(2)9-10-3-8(6-14)4-11-9/h3-4,7,13-14H,5-6H2,1-2H3. The number of aliphatic hydroxyl groups excluding tert-OH is 2. The fraction of sp³-hybridized carbons (Fsp3) is 0.556. The molecule has 0 amide bonds. The Morgan fingerprint density at radius 1 is 1.36 bits per heavy atom. The molecule has 0 saturated carbocycles. The Kier molecular flexibility index (Phi) is 3.79. The van der Waals surface area contributed by atoms with Gasteiger partial charge in [0.05, 0.1) is 19.3 Å². The van der Waals surface area contributed by atoms with Crippen molar-refractivity contribution in [1.29, 1.82) is 0 Å². The summed E-state index contributed by atoms with van der Waals surface area (Å²) in [7, 11) is 1.81. The van der Waals surface area contributed by atoms with Gasteiger partial charge in [-0.1, -0.05) is 0 Å². The van der Waals surface area contributed by atoms with Crippen molar-refractivity contribution in [3.05, 3.63) is 18.0 Å². The van der Waals surface area contributed by atoms with E-state index in [9.17, 15) is 0 Å². The second-order valence-electron chi connectivity index (χ2n) is 3.19. The molecule has 0 aromatic carbocycles. The molecular formula is C9H15N3O2. The minimum absolute atomic E-state index is 0.0185. The van der Waals surface area contributed by atoms with Crippen LogP contribution in [0.15, 0.2) is 12.4 Å². The molecule has 5 nitrogen and oxygen atoms in total. The van der Waals surface area contributed by atoms with E-state index in [0.717, 1.165) is 0 Å². The smallest absolute Gasteiger partial charge is 0.225 e. The summed E-state index contributed by atoms with van der Waals surface area (Å²) < 4.78 is 0. The summed E-state index contributed by atoms with van der Waals surface area (Å²) in [6.07, 6.45) is 3.14. The van der Waals surface area contributed by atoms with Crippen molar-refractivity contribution in [3.8, 4) is 0 Å². The van der Waals surface area contributed by atoms with Gasteiger partial charge in [0.25, 0.3) is 0 Å². The Bertz CT molecular complexity index is 276. The molecule has 5 heteroatoms. The SMILES string of the molecule is CC(CO)N(C)c1ncc(CO)cn1. The van der Waals surface area contributed by atoms with E-state index in [4.69, 9.17) is 10.2 Å². The van der Waals surface area contributed by atoms with Crippen molar-refractivity contribution in [2.75, 3.05) is 18.6 Å². The number of aliphatic hydroxyl groups is 2. The van der Waals surface area contributed by atoms with Crippen LogP contribution in [0.4, 0.5) is 5.95 Å². The first-order chi connectivity index (χ1) is 6.69. The molecule has 0 radical (unpaired) electrons. The molecule has 0 aliphatic carbocycles. The van der Waals surface area contributed by atoms with Crippen LogP contribution in [-0.2, 0) is 6.61 Å². The zero-order valence-corrected chi connectivity index (χ0v) is 8.38. The summed E-state index contributed by atoms with van der Waals surface area (Å²) in [6.45, 7) is 1.88. The van der Waals surface area contributed by atoms with E-state index in [1.165, 1.54) is 0 Å². The number of nitrogens with zero attached hydrogens (tertiary/aromatic N) is 3. The zero-order chi connectivity index (χ0) is 10.6. The van der Waals surface area contributed by atoms with Crippen molar-refractivity contribution in [1.82, 2.24) is 9.97 Å². The Balaban J connectivity index is 2.75. The molecular weight excluding hydrogens is 182 g/mol. The highest BCUT2D eigenvalue weighted by Gasteiger charge is 2.10. The molecule has 78 valence electrons. The maximum absolute atomic E-state index is 8.93. The van der Waals surface area contributed by atoms with E-state index in [-0.39, 0.29) is 19.3 Å². The van der Waals surface area contributed by atoms with Gasteiger partial charge in [0.1, 0.15) is 0 Å². The first kappa shape index (κ1) is 10.9. The molecule has 1 aromatic rings. The van der Waals surface area contributed by atoms with Gasteiger partial charge in [0, 0.05) is 25.0 Å². The predicted octanol–water partition coefficient (Wildman–Crippen LogP) is -0.214. The lowest BCUT2D eigenvalue weighted by atomic mass is 10.3. The summed E-state index contributed by atoms with van der Waals surface area (Å²) in [5.41, 5.74) is 0.679. The van der Waals surface area contributed by atoms with E-state index in [1.54, 1.807) is 17.3 Å². The van der Waals surface area contributed by atoms with E-state index in [2.05, 4.69) is 9.97 Å². The highest BCUT2D eigenvalue weighted by atomic mass is 16.3. The predicted molar refractivity (Wildman–Crippen MR) is 52.9 cm³/mol. The lowest BCUT2D eigenvalue weighted by Crippen LogP contribution is -2.33. The topological polar surface area (TPSA) is 69.5 Å². The lowest BCUT2D eigenvalue weighted by Gasteiger charge is -2.22. The van der Waals surface area contributed by atoms with Crippen LogP contribution >= 0.6 is 0 Å². The molecule has 1 heterocycles. The molecule has 1 unspecified atom stereocenters. The van der Waals surface area contributed by atoms with Gasteiger partial charge in [-0.15, -0.1) is 0 Å². The highest BCUT2D eigenvalue weighted by Crippen LogP contribution is 2.08. The van der Waals surface area contributed by atoms with Crippen LogP contribution in [0.3, 0.4) is 0 Å². The Morgan fingerprint density at radius 2 is 1.93 bits per heavy atom. The third-order valence-electron chi connectivity index (χ3n) is 2.12. The van der Waals surface area contributed by atoms with Gasteiger partial charge in [0.15, 0.2) is 0 Å². The van der Waals surface area contributed by atoms with Gasteiger partial charge >= 0.3 is 0 Å². The first-order valence-corrected chi connectivity index (χ1v) is 4.44. The minimum Gasteiger partial charge on any atom is -0.394 e. The molecule has 0 aliphatic heterocycles. The quantitative estimate of drug-likeness (QED) is 0.698. The molecule has 2 N–H and O–H groups in total. The molecule has 1 atom stereocenters. The molecule has 0 fully saturated rings. The number of likely N-dealkylation sites (N-methyl/N-ethyl adjacent to an activating group) is 1. The van der Waals surface area contributed by atoms with Crippen molar-refractivity contribution in [3.63, 3.8) is 0 Å². The molecule has 1 rings (SSSR count). The van der Waals surface area contributed by atoms with E-state index >= 15 is 0 Å². The summed E-state index contributed by atoms with van der Waals surface area (Å²) in [5.74, 6) is 0.545. The van der Waals surface area contributed by atoms with Crippen LogP contribution < -0.4 is 4.90 Å². The summed E-state index contributed by atoms with van der Waals surface area (Å²) in [6, 6.07) is -0.0185. The third-order valence-corrected chi connectivity index (χ3v) is 2.12. The lowest BCUT2D eigenvalue weighted by molar-refractivity contribution is 0.269. The van der Waals surface area contributed by atoms with Gasteiger partial charge in [-0.05, 0) is 6.92 Å². The Labute approximate surface area is 83.0 Å². The molecule has 0 saturated heterocycles. The number of hydrogen-bond acceptors (Lipinski definition) is 5. The number of hydrogen-bond donors (Lipinski definition) is 2. The molecule has 0 aliphatic rings. The number of aromatic nitrogens is 2. The summed E-state index contributed by atoms with van der Waals surface area (Å²) >= 11 is 0. The van der Waals surface area contributed by atoms with Crippen molar-refractivity contribution in [2.45, 2.75) is 19.6 Å². The van der Waals surface area contributed by atoms with Crippen LogP contribution in [-0.4, -0.2) is 39.9 Å². The summed E-state index contributed by atoms with van der Waals surface area (Å²) in [5, 5.41) is 17.7. The Morgan fingerprint density at radius 3 is 2.36 bits per heavy atom. The molecule has 1 aromatic heterocycles. The highest BCUT2D eigenvalue weighted by molar-refractivity contribution is 5.29.